The lowest BCUT2D eigenvalue weighted by atomic mass is 10.1. The van der Waals surface area contributed by atoms with Gasteiger partial charge in [0, 0.05) is 58.2 Å². The molecule has 3 amide bonds. The molecule has 8 nitrogen and oxygen atoms in total. The average Bonchev–Trinajstić information content (AvgIpc) is 3.29. The number of para-hydroxylation sites is 2. The number of nitrogens with one attached hydrogen (secondary N) is 1. The molecule has 0 spiro atoms. The van der Waals surface area contributed by atoms with Crippen LogP contribution >= 0.6 is 0 Å². The van der Waals surface area contributed by atoms with E-state index in [1.807, 2.05) is 41.0 Å². The van der Waals surface area contributed by atoms with Crippen LogP contribution in [-0.2, 0) is 4.79 Å². The first-order chi connectivity index (χ1) is 13.1. The average molecular weight is 371 g/mol. The third kappa shape index (κ3) is 3.70. The van der Waals surface area contributed by atoms with Crippen molar-refractivity contribution in [1.82, 2.24) is 20.1 Å². The van der Waals surface area contributed by atoms with Gasteiger partial charge in [-0.25, -0.2) is 4.79 Å². The quantitative estimate of drug-likeness (QED) is 0.881. The maximum Gasteiger partial charge on any atom is 0.317 e. The fourth-order valence-corrected chi connectivity index (χ4v) is 3.74. The normalized spacial score (nSPS) is 20.6. The van der Waals surface area contributed by atoms with Gasteiger partial charge in [-0.05, 0) is 19.1 Å². The van der Waals surface area contributed by atoms with Crippen molar-refractivity contribution in [3.63, 3.8) is 0 Å². The van der Waals surface area contributed by atoms with Crippen LogP contribution in [0.1, 0.15) is 13.3 Å². The number of carbonyl (C=O) groups excluding carboxylic acids is 2. The van der Waals surface area contributed by atoms with Crippen LogP contribution in [0.15, 0.2) is 28.7 Å². The van der Waals surface area contributed by atoms with Crippen molar-refractivity contribution >= 4 is 29.1 Å². The lowest BCUT2D eigenvalue weighted by molar-refractivity contribution is -0.127. The van der Waals surface area contributed by atoms with Crippen molar-refractivity contribution in [2.45, 2.75) is 13.3 Å². The lowest BCUT2D eigenvalue weighted by Crippen LogP contribution is -2.52. The molecule has 0 radical (unpaired) electrons. The number of amides is 3. The molecule has 27 heavy (non-hydrogen) atoms. The number of likely N-dealkylation sites (tertiary alicyclic amines) is 1. The zero-order valence-corrected chi connectivity index (χ0v) is 15.6. The number of oxazole rings is 1. The zero-order chi connectivity index (χ0) is 18.8. The highest BCUT2D eigenvalue weighted by Gasteiger charge is 2.29. The summed E-state index contributed by atoms with van der Waals surface area (Å²) in [5, 5.41) is 2.99. The van der Waals surface area contributed by atoms with Crippen molar-refractivity contribution < 1.29 is 14.0 Å². The topological polar surface area (TPSA) is 81.9 Å². The van der Waals surface area contributed by atoms with E-state index in [1.54, 1.807) is 0 Å². The van der Waals surface area contributed by atoms with Gasteiger partial charge in [0.05, 0.1) is 0 Å². The standard InChI is InChI=1S/C19H25N5O3/c1-2-22-13-14(11-17(22)25)12-20-18(26)23-7-9-24(10-8-23)19-21-15-5-3-4-6-16(15)27-19/h3-6,14H,2,7-13H2,1H3,(H,20,26)/t14-/m0/s1. The zero-order valence-electron chi connectivity index (χ0n) is 15.6. The van der Waals surface area contributed by atoms with Crippen LogP contribution in [0.4, 0.5) is 10.8 Å². The molecule has 2 saturated heterocycles. The molecule has 1 aromatic carbocycles. The van der Waals surface area contributed by atoms with Crippen LogP contribution in [0.3, 0.4) is 0 Å². The van der Waals surface area contributed by atoms with Crippen LogP contribution in [0, 0.1) is 5.92 Å². The molecular weight excluding hydrogens is 346 g/mol. The Labute approximate surface area is 158 Å². The summed E-state index contributed by atoms with van der Waals surface area (Å²) in [5.74, 6) is 0.395. The molecule has 2 aliphatic rings. The maximum absolute atomic E-state index is 12.4. The van der Waals surface area contributed by atoms with Gasteiger partial charge < -0.3 is 24.4 Å². The Morgan fingerprint density at radius 3 is 2.74 bits per heavy atom. The molecule has 4 rings (SSSR count). The number of fused-ring (bicyclic) bond motifs is 1. The van der Waals surface area contributed by atoms with Gasteiger partial charge in [-0.2, -0.15) is 4.98 Å². The Kier molecular flexibility index (Phi) is 4.87. The fourth-order valence-electron chi connectivity index (χ4n) is 3.74. The van der Waals surface area contributed by atoms with Crippen molar-refractivity contribution in [1.29, 1.82) is 0 Å². The lowest BCUT2D eigenvalue weighted by Gasteiger charge is -2.34. The predicted octanol–water partition coefficient (Wildman–Crippen LogP) is 1.53. The van der Waals surface area contributed by atoms with Crippen LogP contribution in [-0.4, -0.2) is 72.5 Å². The molecule has 0 unspecified atom stereocenters. The van der Waals surface area contributed by atoms with Gasteiger partial charge in [0.25, 0.3) is 6.01 Å². The van der Waals surface area contributed by atoms with Crippen molar-refractivity contribution in [3.05, 3.63) is 24.3 Å². The molecule has 1 aromatic heterocycles. The minimum atomic E-state index is -0.0605. The Balaban J connectivity index is 1.26. The predicted molar refractivity (Wildman–Crippen MR) is 102 cm³/mol. The number of urea groups is 1. The number of benzene rings is 1. The summed E-state index contributed by atoms with van der Waals surface area (Å²) in [7, 11) is 0. The highest BCUT2D eigenvalue weighted by atomic mass is 16.4. The molecule has 0 bridgehead atoms. The molecule has 8 heteroatoms. The molecule has 0 saturated carbocycles. The van der Waals surface area contributed by atoms with Gasteiger partial charge in [-0.1, -0.05) is 12.1 Å². The van der Waals surface area contributed by atoms with E-state index >= 15 is 0 Å². The van der Waals surface area contributed by atoms with Crippen LogP contribution < -0.4 is 10.2 Å². The van der Waals surface area contributed by atoms with Gasteiger partial charge in [0.15, 0.2) is 5.58 Å². The van der Waals surface area contributed by atoms with Crippen molar-refractivity contribution in [2.24, 2.45) is 5.92 Å². The van der Waals surface area contributed by atoms with Crippen molar-refractivity contribution in [2.75, 3.05) is 50.7 Å². The van der Waals surface area contributed by atoms with Crippen molar-refractivity contribution in [3.8, 4) is 0 Å². The molecule has 144 valence electrons. The summed E-state index contributed by atoms with van der Waals surface area (Å²) < 4.78 is 5.81. The molecular formula is C19H25N5O3. The smallest absolute Gasteiger partial charge is 0.317 e. The van der Waals surface area contributed by atoms with E-state index in [2.05, 4.69) is 15.2 Å². The number of carbonyl (C=O) groups is 2. The fraction of sp³-hybridized carbons (Fsp3) is 0.526. The number of nitrogens with zero attached hydrogens (tertiary/aromatic N) is 4. The summed E-state index contributed by atoms with van der Waals surface area (Å²) >= 11 is 0. The summed E-state index contributed by atoms with van der Waals surface area (Å²) in [6.07, 6.45) is 0.527. The largest absolute Gasteiger partial charge is 0.423 e. The molecule has 2 fully saturated rings. The van der Waals surface area contributed by atoms with Gasteiger partial charge >= 0.3 is 6.03 Å². The molecule has 1 N–H and O–H groups in total. The highest BCUT2D eigenvalue weighted by Crippen LogP contribution is 2.22. The molecule has 3 heterocycles. The summed E-state index contributed by atoms with van der Waals surface area (Å²) in [5.41, 5.74) is 1.62. The molecule has 2 aromatic rings. The third-order valence-corrected chi connectivity index (χ3v) is 5.34. The Morgan fingerprint density at radius 2 is 2.04 bits per heavy atom. The van der Waals surface area contributed by atoms with Crippen LogP contribution in [0.5, 0.6) is 0 Å². The Bertz CT molecular complexity index is 795. The monoisotopic (exact) mass is 371 g/mol. The van der Waals surface area contributed by atoms with E-state index in [4.69, 9.17) is 4.42 Å². The highest BCUT2D eigenvalue weighted by molar-refractivity contribution is 5.79. The number of rotatable bonds is 4. The first-order valence-corrected chi connectivity index (χ1v) is 9.55. The second kappa shape index (κ2) is 7.46. The molecule has 0 aliphatic carbocycles. The van der Waals surface area contributed by atoms with E-state index in [1.165, 1.54) is 0 Å². The summed E-state index contributed by atoms with van der Waals surface area (Å²) in [4.78, 5) is 34.5. The first kappa shape index (κ1) is 17.6. The van der Waals surface area contributed by atoms with Gasteiger partial charge in [0.2, 0.25) is 5.91 Å². The molecule has 1 atom stereocenters. The molecule has 2 aliphatic heterocycles. The maximum atomic E-state index is 12.4. The Morgan fingerprint density at radius 1 is 1.26 bits per heavy atom. The third-order valence-electron chi connectivity index (χ3n) is 5.34. The first-order valence-electron chi connectivity index (χ1n) is 9.55. The van der Waals surface area contributed by atoms with Gasteiger partial charge in [0.1, 0.15) is 5.52 Å². The summed E-state index contributed by atoms with van der Waals surface area (Å²) in [6, 6.07) is 8.25. The van der Waals surface area contributed by atoms with E-state index in [-0.39, 0.29) is 17.9 Å². The van der Waals surface area contributed by atoms with E-state index in [9.17, 15) is 9.59 Å². The second-order valence-electron chi connectivity index (χ2n) is 7.13. The Hall–Kier alpha value is -2.77. The second-order valence-corrected chi connectivity index (χ2v) is 7.13. The number of hydrogen-bond donors (Lipinski definition) is 1. The van der Waals surface area contributed by atoms with Gasteiger partial charge in [-0.3, -0.25) is 4.79 Å². The van der Waals surface area contributed by atoms with Crippen LogP contribution in [0.2, 0.25) is 0 Å². The minimum Gasteiger partial charge on any atom is -0.423 e. The van der Waals surface area contributed by atoms with E-state index in [0.29, 0.717) is 45.2 Å². The SMILES string of the molecule is CCN1C[C@H](CNC(=O)N2CCN(c3nc4ccccc4o3)CC2)CC1=O. The minimum absolute atomic E-state index is 0.0605. The number of anilines is 1. The van der Waals surface area contributed by atoms with Gasteiger partial charge in [-0.15, -0.1) is 0 Å². The van der Waals surface area contributed by atoms with E-state index in [0.717, 1.165) is 24.2 Å². The number of piperazine rings is 1. The van der Waals surface area contributed by atoms with E-state index < -0.39 is 0 Å². The number of hydrogen-bond acceptors (Lipinski definition) is 5. The number of aromatic nitrogens is 1. The summed E-state index contributed by atoms with van der Waals surface area (Å²) in [6.45, 7) is 6.62. The van der Waals surface area contributed by atoms with Crippen LogP contribution in [0.25, 0.3) is 11.1 Å².